The van der Waals surface area contributed by atoms with Gasteiger partial charge in [-0.3, -0.25) is 10.1 Å². The van der Waals surface area contributed by atoms with Gasteiger partial charge in [0.25, 0.3) is 5.69 Å². The van der Waals surface area contributed by atoms with E-state index in [0.29, 0.717) is 6.10 Å². The van der Waals surface area contributed by atoms with Crippen molar-refractivity contribution < 1.29 is 9.66 Å². The molecule has 0 aliphatic carbocycles. The Kier molecular flexibility index (Phi) is 2.98. The molecular formula is C14H16N2O3. The van der Waals surface area contributed by atoms with Crippen LogP contribution >= 0.6 is 0 Å². The highest BCUT2D eigenvalue weighted by molar-refractivity contribution is 5.82. The molecule has 5 heteroatoms. The molecule has 2 heterocycles. The van der Waals surface area contributed by atoms with Gasteiger partial charge in [0, 0.05) is 30.3 Å². The second kappa shape index (κ2) is 4.66. The van der Waals surface area contributed by atoms with E-state index in [1.165, 1.54) is 0 Å². The van der Waals surface area contributed by atoms with Crippen molar-refractivity contribution in [3.05, 3.63) is 40.6 Å². The lowest BCUT2D eigenvalue weighted by Crippen LogP contribution is -2.15. The van der Waals surface area contributed by atoms with Crippen LogP contribution in [0.2, 0.25) is 0 Å². The molecule has 1 aliphatic rings. The van der Waals surface area contributed by atoms with Gasteiger partial charge in [-0.25, -0.2) is 0 Å². The van der Waals surface area contributed by atoms with Crippen molar-refractivity contribution >= 4 is 16.6 Å². The zero-order valence-electron chi connectivity index (χ0n) is 10.8. The normalized spacial score (nSPS) is 23.0. The molecule has 1 aromatic heterocycles. The molecule has 0 N–H and O–H groups in total. The second-order valence-electron chi connectivity index (χ2n) is 5.11. The molecule has 1 aromatic carbocycles. The van der Waals surface area contributed by atoms with Gasteiger partial charge in [0.05, 0.1) is 22.6 Å². The first-order valence-corrected chi connectivity index (χ1v) is 6.52. The number of non-ortho nitro benzene ring substituents is 1. The Bertz CT molecular complexity index is 620. The van der Waals surface area contributed by atoms with E-state index in [2.05, 4.69) is 6.92 Å². The van der Waals surface area contributed by atoms with E-state index in [4.69, 9.17) is 4.74 Å². The van der Waals surface area contributed by atoms with Crippen molar-refractivity contribution in [2.75, 3.05) is 0 Å². The summed E-state index contributed by atoms with van der Waals surface area (Å²) in [4.78, 5) is 10.5. The summed E-state index contributed by atoms with van der Waals surface area (Å²) >= 11 is 0. The van der Waals surface area contributed by atoms with Crippen LogP contribution in [-0.4, -0.2) is 21.7 Å². The molecule has 100 valence electrons. The molecule has 0 bridgehead atoms. The summed E-state index contributed by atoms with van der Waals surface area (Å²) in [6.07, 6.45) is 4.64. The van der Waals surface area contributed by atoms with Crippen LogP contribution in [0.25, 0.3) is 10.9 Å². The molecule has 1 saturated heterocycles. The van der Waals surface area contributed by atoms with Crippen molar-refractivity contribution in [3.8, 4) is 0 Å². The number of nitro benzene ring substituents is 1. The highest BCUT2D eigenvalue weighted by Gasteiger charge is 2.22. The summed E-state index contributed by atoms with van der Waals surface area (Å²) in [5, 5.41) is 11.9. The molecule has 2 atom stereocenters. The molecular weight excluding hydrogens is 244 g/mol. The van der Waals surface area contributed by atoms with Crippen molar-refractivity contribution in [2.45, 2.75) is 38.5 Å². The summed E-state index contributed by atoms with van der Waals surface area (Å²) in [6, 6.07) is 6.95. The molecule has 0 saturated carbocycles. The number of ether oxygens (including phenoxy) is 1. The molecule has 0 radical (unpaired) electrons. The summed E-state index contributed by atoms with van der Waals surface area (Å²) in [6.45, 7) is 2.84. The third-order valence-electron chi connectivity index (χ3n) is 3.69. The summed E-state index contributed by atoms with van der Waals surface area (Å²) < 4.78 is 7.85. The van der Waals surface area contributed by atoms with Gasteiger partial charge in [-0.2, -0.15) is 0 Å². The van der Waals surface area contributed by atoms with Crippen LogP contribution in [0.4, 0.5) is 5.69 Å². The van der Waals surface area contributed by atoms with Crippen molar-refractivity contribution in [1.29, 1.82) is 0 Å². The van der Waals surface area contributed by atoms with Gasteiger partial charge in [-0.1, -0.05) is 0 Å². The summed E-state index contributed by atoms with van der Waals surface area (Å²) in [7, 11) is 0. The first kappa shape index (κ1) is 12.2. The molecule has 0 amide bonds. The van der Waals surface area contributed by atoms with Crippen molar-refractivity contribution in [3.63, 3.8) is 0 Å². The minimum atomic E-state index is -0.356. The molecule has 1 aliphatic heterocycles. The molecule has 19 heavy (non-hydrogen) atoms. The minimum Gasteiger partial charge on any atom is -0.373 e. The topological polar surface area (TPSA) is 57.3 Å². The average molecular weight is 260 g/mol. The van der Waals surface area contributed by atoms with E-state index in [-0.39, 0.29) is 16.7 Å². The van der Waals surface area contributed by atoms with E-state index in [9.17, 15) is 10.1 Å². The van der Waals surface area contributed by atoms with Crippen LogP contribution in [0.3, 0.4) is 0 Å². The van der Waals surface area contributed by atoms with E-state index in [1.807, 2.05) is 16.8 Å². The van der Waals surface area contributed by atoms with Gasteiger partial charge >= 0.3 is 0 Å². The zero-order chi connectivity index (χ0) is 13.4. The number of nitrogens with zero attached hydrogens (tertiary/aromatic N) is 2. The monoisotopic (exact) mass is 260 g/mol. The van der Waals surface area contributed by atoms with Crippen LogP contribution in [0.15, 0.2) is 30.5 Å². The minimum absolute atomic E-state index is 0.133. The fraction of sp³-hybridized carbons (Fsp3) is 0.429. The average Bonchev–Trinajstić information content (AvgIpc) is 2.96. The maximum atomic E-state index is 10.8. The largest absolute Gasteiger partial charge is 0.373 e. The number of rotatable bonds is 3. The lowest BCUT2D eigenvalue weighted by Gasteiger charge is -2.13. The Labute approximate surface area is 110 Å². The quantitative estimate of drug-likeness (QED) is 0.629. The summed E-state index contributed by atoms with van der Waals surface area (Å²) in [5.74, 6) is 0. The van der Waals surface area contributed by atoms with Crippen LogP contribution in [0, 0.1) is 10.1 Å². The number of hydrogen-bond donors (Lipinski definition) is 0. The zero-order valence-corrected chi connectivity index (χ0v) is 10.8. The Hall–Kier alpha value is -1.88. The van der Waals surface area contributed by atoms with E-state index in [0.717, 1.165) is 30.3 Å². The van der Waals surface area contributed by atoms with Crippen LogP contribution < -0.4 is 0 Å². The molecule has 2 aromatic rings. The highest BCUT2D eigenvalue weighted by atomic mass is 16.6. The second-order valence-corrected chi connectivity index (χ2v) is 5.11. The molecule has 3 rings (SSSR count). The number of nitro groups is 1. The highest BCUT2D eigenvalue weighted by Crippen LogP contribution is 2.25. The van der Waals surface area contributed by atoms with Gasteiger partial charge in [0.1, 0.15) is 0 Å². The van der Waals surface area contributed by atoms with E-state index < -0.39 is 0 Å². The van der Waals surface area contributed by atoms with E-state index in [1.54, 1.807) is 18.2 Å². The number of fused-ring (bicyclic) bond motifs is 1. The molecule has 2 unspecified atom stereocenters. The standard InChI is InChI=1S/C14H16N2O3/c1-10-2-5-13(19-10)9-15-7-6-11-3-4-12(16(17)18)8-14(11)15/h3-4,6-8,10,13H,2,5,9H2,1H3. The Morgan fingerprint density at radius 3 is 2.95 bits per heavy atom. The van der Waals surface area contributed by atoms with Crippen molar-refractivity contribution in [1.82, 2.24) is 4.57 Å². The number of hydrogen-bond acceptors (Lipinski definition) is 3. The third kappa shape index (κ3) is 2.33. The van der Waals surface area contributed by atoms with Crippen LogP contribution in [0.5, 0.6) is 0 Å². The van der Waals surface area contributed by atoms with Gasteiger partial charge in [-0.05, 0) is 31.9 Å². The van der Waals surface area contributed by atoms with Gasteiger partial charge in [0.15, 0.2) is 0 Å². The Morgan fingerprint density at radius 1 is 1.42 bits per heavy atom. The fourth-order valence-corrected chi connectivity index (χ4v) is 2.68. The summed E-state index contributed by atoms with van der Waals surface area (Å²) in [5.41, 5.74) is 1.03. The Morgan fingerprint density at radius 2 is 2.26 bits per heavy atom. The van der Waals surface area contributed by atoms with Gasteiger partial charge < -0.3 is 9.30 Å². The van der Waals surface area contributed by atoms with Crippen LogP contribution in [0.1, 0.15) is 19.8 Å². The maximum Gasteiger partial charge on any atom is 0.271 e. The lowest BCUT2D eigenvalue weighted by molar-refractivity contribution is -0.384. The first-order chi connectivity index (χ1) is 9.13. The lowest BCUT2D eigenvalue weighted by atomic mass is 10.2. The van der Waals surface area contributed by atoms with Gasteiger partial charge in [-0.15, -0.1) is 0 Å². The number of aromatic nitrogens is 1. The fourth-order valence-electron chi connectivity index (χ4n) is 2.68. The van der Waals surface area contributed by atoms with Crippen LogP contribution in [-0.2, 0) is 11.3 Å². The number of benzene rings is 1. The molecule has 1 fully saturated rings. The molecule has 0 spiro atoms. The maximum absolute atomic E-state index is 10.8. The Balaban J connectivity index is 1.90. The predicted molar refractivity (Wildman–Crippen MR) is 72.2 cm³/mol. The third-order valence-corrected chi connectivity index (χ3v) is 3.69. The SMILES string of the molecule is CC1CCC(Cn2ccc3ccc([N+](=O)[O-])cc32)O1. The van der Waals surface area contributed by atoms with Crippen molar-refractivity contribution in [2.24, 2.45) is 0 Å². The van der Waals surface area contributed by atoms with Gasteiger partial charge in [0.2, 0.25) is 0 Å². The predicted octanol–water partition coefficient (Wildman–Crippen LogP) is 3.12. The first-order valence-electron chi connectivity index (χ1n) is 6.52. The smallest absolute Gasteiger partial charge is 0.271 e. The van der Waals surface area contributed by atoms with E-state index >= 15 is 0 Å². The molecule has 5 nitrogen and oxygen atoms in total.